The van der Waals surface area contributed by atoms with Crippen molar-refractivity contribution in [1.29, 1.82) is 0 Å². The molecule has 0 bridgehead atoms. The number of carbonyl (C=O) groups excluding carboxylic acids is 2. The van der Waals surface area contributed by atoms with Crippen molar-refractivity contribution in [2.75, 3.05) is 17.7 Å². The molecule has 10 heteroatoms. The van der Waals surface area contributed by atoms with Crippen LogP contribution in [0.4, 0.5) is 21.2 Å². The number of nitrogens with zero attached hydrogens (tertiary/aromatic N) is 1. The predicted octanol–water partition coefficient (Wildman–Crippen LogP) is 4.26. The summed E-state index contributed by atoms with van der Waals surface area (Å²) < 4.78 is 10.4. The monoisotopic (exact) mass is 393 g/mol. The van der Waals surface area contributed by atoms with Crippen LogP contribution in [0.3, 0.4) is 0 Å². The van der Waals surface area contributed by atoms with Crippen LogP contribution in [0.25, 0.3) is 0 Å². The third kappa shape index (κ3) is 5.68. The van der Waals surface area contributed by atoms with Gasteiger partial charge in [0.1, 0.15) is 11.4 Å². The molecule has 0 aliphatic rings. The Kier molecular flexibility index (Phi) is 6.01. The van der Waals surface area contributed by atoms with Crippen LogP contribution in [-0.4, -0.2) is 29.6 Å². The second-order valence-corrected chi connectivity index (χ2v) is 7.45. The minimum atomic E-state index is -0.670. The van der Waals surface area contributed by atoms with Crippen molar-refractivity contribution >= 4 is 39.7 Å². The lowest BCUT2D eigenvalue weighted by Crippen LogP contribution is -2.27. The summed E-state index contributed by atoms with van der Waals surface area (Å²) in [6.07, 6.45) is -0.668. The Labute approximate surface area is 159 Å². The molecular formula is C17H19N3O6S. The SMILES string of the molecule is COc1ccc(NC(=O)c2ccc([N+](=O)[O-])s2)cc1NC(=O)OC(C)(C)C. The summed E-state index contributed by atoms with van der Waals surface area (Å²) in [6, 6.07) is 7.30. The van der Waals surface area contributed by atoms with E-state index in [1.807, 2.05) is 0 Å². The number of benzene rings is 1. The molecular weight excluding hydrogens is 374 g/mol. The van der Waals surface area contributed by atoms with Crippen LogP contribution in [0.15, 0.2) is 30.3 Å². The van der Waals surface area contributed by atoms with Gasteiger partial charge in [0.15, 0.2) is 0 Å². The maximum Gasteiger partial charge on any atom is 0.412 e. The van der Waals surface area contributed by atoms with Crippen molar-refractivity contribution in [3.63, 3.8) is 0 Å². The molecule has 9 nitrogen and oxygen atoms in total. The van der Waals surface area contributed by atoms with E-state index in [9.17, 15) is 19.7 Å². The van der Waals surface area contributed by atoms with Gasteiger partial charge in [0.05, 0.1) is 22.6 Å². The molecule has 1 heterocycles. The largest absolute Gasteiger partial charge is 0.495 e. The molecule has 2 amide bonds. The maximum absolute atomic E-state index is 12.3. The minimum Gasteiger partial charge on any atom is -0.495 e. The molecule has 0 spiro atoms. The van der Waals surface area contributed by atoms with Crippen LogP contribution in [0.2, 0.25) is 0 Å². The number of rotatable bonds is 5. The van der Waals surface area contributed by atoms with E-state index < -0.39 is 22.5 Å². The summed E-state index contributed by atoms with van der Waals surface area (Å²) in [6.45, 7) is 5.21. The fourth-order valence-electron chi connectivity index (χ4n) is 2.04. The van der Waals surface area contributed by atoms with Gasteiger partial charge in [-0.2, -0.15) is 0 Å². The topological polar surface area (TPSA) is 120 Å². The summed E-state index contributed by atoms with van der Waals surface area (Å²) in [5.41, 5.74) is 0.0152. The lowest BCUT2D eigenvalue weighted by molar-refractivity contribution is -0.380. The number of amides is 2. The average Bonchev–Trinajstić information content (AvgIpc) is 3.03. The number of thiophene rings is 1. The van der Waals surface area contributed by atoms with Crippen LogP contribution in [0.5, 0.6) is 5.75 Å². The van der Waals surface area contributed by atoms with Crippen LogP contribution in [0, 0.1) is 10.1 Å². The highest BCUT2D eigenvalue weighted by atomic mass is 32.1. The molecule has 0 saturated heterocycles. The summed E-state index contributed by atoms with van der Waals surface area (Å²) in [5, 5.41) is 15.8. The molecule has 2 N–H and O–H groups in total. The first kappa shape index (κ1) is 20.2. The zero-order valence-corrected chi connectivity index (χ0v) is 16.0. The Bertz CT molecular complexity index is 872. The first-order chi connectivity index (χ1) is 12.6. The molecule has 0 aliphatic carbocycles. The van der Waals surface area contributed by atoms with Gasteiger partial charge in [0.25, 0.3) is 5.91 Å². The zero-order valence-electron chi connectivity index (χ0n) is 15.2. The molecule has 0 atom stereocenters. The van der Waals surface area contributed by atoms with Gasteiger partial charge < -0.3 is 14.8 Å². The van der Waals surface area contributed by atoms with Gasteiger partial charge in [0.2, 0.25) is 0 Å². The molecule has 2 rings (SSSR count). The first-order valence-electron chi connectivity index (χ1n) is 7.82. The van der Waals surface area contributed by atoms with E-state index in [-0.39, 0.29) is 9.88 Å². The highest BCUT2D eigenvalue weighted by Crippen LogP contribution is 2.30. The first-order valence-corrected chi connectivity index (χ1v) is 8.64. The van der Waals surface area contributed by atoms with Crippen molar-refractivity contribution in [1.82, 2.24) is 0 Å². The molecule has 0 fully saturated rings. The molecule has 27 heavy (non-hydrogen) atoms. The van der Waals surface area contributed by atoms with E-state index >= 15 is 0 Å². The number of anilines is 2. The lowest BCUT2D eigenvalue weighted by atomic mass is 10.2. The van der Waals surface area contributed by atoms with Crippen molar-refractivity contribution < 1.29 is 24.0 Å². The van der Waals surface area contributed by atoms with Crippen LogP contribution in [-0.2, 0) is 4.74 Å². The summed E-state index contributed by atoms with van der Waals surface area (Å²) in [5.74, 6) is -0.118. The highest BCUT2D eigenvalue weighted by molar-refractivity contribution is 7.17. The molecule has 0 aliphatic heterocycles. The number of carbonyl (C=O) groups is 2. The quantitative estimate of drug-likeness (QED) is 0.578. The van der Waals surface area contributed by atoms with Crippen molar-refractivity contribution in [2.24, 2.45) is 0 Å². The van der Waals surface area contributed by atoms with Crippen LogP contribution >= 0.6 is 11.3 Å². The Morgan fingerprint density at radius 2 is 1.85 bits per heavy atom. The molecule has 1 aromatic heterocycles. The summed E-state index contributed by atoms with van der Waals surface area (Å²) in [7, 11) is 1.44. The fourth-order valence-corrected chi connectivity index (χ4v) is 2.75. The highest BCUT2D eigenvalue weighted by Gasteiger charge is 2.19. The third-order valence-electron chi connectivity index (χ3n) is 3.09. The number of nitrogens with one attached hydrogen (secondary N) is 2. The standard InChI is InChI=1S/C17H19N3O6S/c1-17(2,3)26-16(22)19-11-9-10(5-6-12(11)25-4)18-15(21)13-7-8-14(27-13)20(23)24/h5-9H,1-4H3,(H,18,21)(H,19,22). The van der Waals surface area contributed by atoms with E-state index in [1.165, 1.54) is 25.3 Å². The second kappa shape index (κ2) is 8.04. The molecule has 0 radical (unpaired) electrons. The maximum atomic E-state index is 12.3. The second-order valence-electron chi connectivity index (χ2n) is 6.39. The normalized spacial score (nSPS) is 10.8. The van der Waals surface area contributed by atoms with Gasteiger partial charge in [-0.15, -0.1) is 0 Å². The zero-order chi connectivity index (χ0) is 20.2. The average molecular weight is 393 g/mol. The third-order valence-corrected chi connectivity index (χ3v) is 4.12. The molecule has 0 unspecified atom stereocenters. The van der Waals surface area contributed by atoms with E-state index in [4.69, 9.17) is 9.47 Å². The van der Waals surface area contributed by atoms with Crippen molar-refractivity contribution in [2.45, 2.75) is 26.4 Å². The molecule has 2 aromatic rings. The number of hydrogen-bond acceptors (Lipinski definition) is 7. The smallest absolute Gasteiger partial charge is 0.412 e. The van der Waals surface area contributed by atoms with Gasteiger partial charge >= 0.3 is 11.1 Å². The number of hydrogen-bond donors (Lipinski definition) is 2. The Morgan fingerprint density at radius 3 is 2.41 bits per heavy atom. The van der Waals surface area contributed by atoms with E-state index in [0.29, 0.717) is 17.1 Å². The molecule has 1 aromatic carbocycles. The Morgan fingerprint density at radius 1 is 1.15 bits per heavy atom. The van der Waals surface area contributed by atoms with Crippen LogP contribution in [0.1, 0.15) is 30.4 Å². The van der Waals surface area contributed by atoms with Gasteiger partial charge in [0, 0.05) is 11.8 Å². The lowest BCUT2D eigenvalue weighted by Gasteiger charge is -2.20. The van der Waals surface area contributed by atoms with E-state index in [1.54, 1.807) is 32.9 Å². The van der Waals surface area contributed by atoms with Gasteiger partial charge in [-0.05, 0) is 45.0 Å². The molecule has 144 valence electrons. The summed E-state index contributed by atoms with van der Waals surface area (Å²) in [4.78, 5) is 34.6. The van der Waals surface area contributed by atoms with Crippen molar-refractivity contribution in [3.8, 4) is 5.75 Å². The number of methoxy groups -OCH3 is 1. The minimum absolute atomic E-state index is 0.123. The predicted molar refractivity (Wildman–Crippen MR) is 102 cm³/mol. The Hall–Kier alpha value is -3.14. The number of nitro groups is 1. The van der Waals surface area contributed by atoms with Gasteiger partial charge in [-0.1, -0.05) is 11.3 Å². The van der Waals surface area contributed by atoms with Gasteiger partial charge in [-0.25, -0.2) is 4.79 Å². The van der Waals surface area contributed by atoms with E-state index in [0.717, 1.165) is 11.3 Å². The Balaban J connectivity index is 2.16. The number of ether oxygens (including phenoxy) is 2. The van der Waals surface area contributed by atoms with Gasteiger partial charge in [-0.3, -0.25) is 20.2 Å². The fraction of sp³-hybridized carbons (Fsp3) is 0.294. The van der Waals surface area contributed by atoms with Crippen LogP contribution < -0.4 is 15.4 Å². The van der Waals surface area contributed by atoms with Crippen molar-refractivity contribution in [3.05, 3.63) is 45.3 Å². The summed E-state index contributed by atoms with van der Waals surface area (Å²) >= 11 is 0.772. The van der Waals surface area contributed by atoms with E-state index in [2.05, 4.69) is 10.6 Å². The molecule has 0 saturated carbocycles.